The predicted molar refractivity (Wildman–Crippen MR) is 109 cm³/mol. The van der Waals surface area contributed by atoms with E-state index in [0.717, 1.165) is 41.7 Å². The number of fused-ring (bicyclic) bond motifs is 3. The van der Waals surface area contributed by atoms with E-state index in [1.807, 2.05) is 43.1 Å². The van der Waals surface area contributed by atoms with Crippen LogP contribution in [-0.4, -0.2) is 44.8 Å². The van der Waals surface area contributed by atoms with Crippen LogP contribution in [0.25, 0.3) is 22.2 Å². The van der Waals surface area contributed by atoms with E-state index in [1.165, 1.54) is 5.69 Å². The van der Waals surface area contributed by atoms with Crippen molar-refractivity contribution < 1.29 is 4.79 Å². The quantitative estimate of drug-likeness (QED) is 0.742. The number of hydrogen-bond acceptors (Lipinski definition) is 3. The van der Waals surface area contributed by atoms with Gasteiger partial charge in [-0.1, -0.05) is 18.2 Å². The Labute approximate surface area is 164 Å². The maximum Gasteiger partial charge on any atom is 0.317 e. The SMILES string of the molecule is CC(C)NC(=O)N1CC2(CC(C)n3nc(-c4cnc5ccccc5c4)cc32)C1. The van der Waals surface area contributed by atoms with E-state index in [0.29, 0.717) is 6.04 Å². The predicted octanol–water partition coefficient (Wildman–Crippen LogP) is 3.73. The van der Waals surface area contributed by atoms with Gasteiger partial charge in [-0.05, 0) is 45.4 Å². The second-order valence-corrected chi connectivity index (χ2v) is 8.57. The van der Waals surface area contributed by atoms with Crippen LogP contribution in [0.5, 0.6) is 0 Å². The number of pyridine rings is 1. The Bertz CT molecular complexity index is 1060. The molecular formula is C22H25N5O. The monoisotopic (exact) mass is 375 g/mol. The summed E-state index contributed by atoms with van der Waals surface area (Å²) in [7, 11) is 0. The summed E-state index contributed by atoms with van der Waals surface area (Å²) in [5.74, 6) is 0. The lowest BCUT2D eigenvalue weighted by atomic mass is 9.75. The van der Waals surface area contributed by atoms with E-state index in [9.17, 15) is 4.79 Å². The van der Waals surface area contributed by atoms with E-state index in [1.54, 1.807) is 0 Å². The van der Waals surface area contributed by atoms with Gasteiger partial charge in [-0.15, -0.1) is 0 Å². The molecule has 1 fully saturated rings. The lowest BCUT2D eigenvalue weighted by Crippen LogP contribution is -2.63. The number of nitrogens with zero attached hydrogens (tertiary/aromatic N) is 4. The zero-order chi connectivity index (χ0) is 19.5. The molecule has 0 bridgehead atoms. The van der Waals surface area contributed by atoms with Crippen molar-refractivity contribution >= 4 is 16.9 Å². The number of nitrogens with one attached hydrogen (secondary N) is 1. The molecule has 3 aromatic rings. The van der Waals surface area contributed by atoms with Gasteiger partial charge < -0.3 is 10.2 Å². The van der Waals surface area contributed by atoms with E-state index < -0.39 is 0 Å². The summed E-state index contributed by atoms with van der Waals surface area (Å²) in [6, 6.07) is 13.0. The van der Waals surface area contributed by atoms with Gasteiger partial charge in [0.05, 0.1) is 17.3 Å². The van der Waals surface area contributed by atoms with Crippen molar-refractivity contribution in [1.82, 2.24) is 25.0 Å². The fraction of sp³-hybridized carbons (Fsp3) is 0.409. The minimum Gasteiger partial charge on any atom is -0.336 e. The van der Waals surface area contributed by atoms with Crippen LogP contribution in [0.3, 0.4) is 0 Å². The van der Waals surface area contributed by atoms with Gasteiger partial charge in [0, 0.05) is 47.4 Å². The summed E-state index contributed by atoms with van der Waals surface area (Å²) in [4.78, 5) is 18.8. The molecule has 5 rings (SSSR count). The second kappa shape index (κ2) is 6.06. The molecule has 1 saturated heterocycles. The molecule has 1 aromatic carbocycles. The van der Waals surface area contributed by atoms with Crippen molar-refractivity contribution in [3.8, 4) is 11.3 Å². The largest absolute Gasteiger partial charge is 0.336 e. The van der Waals surface area contributed by atoms with Gasteiger partial charge in [-0.2, -0.15) is 5.10 Å². The molecule has 0 radical (unpaired) electrons. The zero-order valence-electron chi connectivity index (χ0n) is 16.5. The highest BCUT2D eigenvalue weighted by atomic mass is 16.2. The molecule has 4 heterocycles. The number of hydrogen-bond donors (Lipinski definition) is 1. The van der Waals surface area contributed by atoms with Crippen molar-refractivity contribution in [3.63, 3.8) is 0 Å². The van der Waals surface area contributed by atoms with E-state index in [-0.39, 0.29) is 17.5 Å². The topological polar surface area (TPSA) is 63.1 Å². The molecule has 1 spiro atoms. The number of aromatic nitrogens is 3. The number of para-hydroxylation sites is 1. The molecule has 2 amide bonds. The Morgan fingerprint density at radius 1 is 1.25 bits per heavy atom. The molecule has 1 N–H and O–H groups in total. The van der Waals surface area contributed by atoms with Gasteiger partial charge in [0.2, 0.25) is 0 Å². The summed E-state index contributed by atoms with van der Waals surface area (Å²) in [6.07, 6.45) is 2.94. The average Bonchev–Trinajstić information content (AvgIpc) is 3.19. The lowest BCUT2D eigenvalue weighted by Gasteiger charge is -2.47. The van der Waals surface area contributed by atoms with Gasteiger partial charge >= 0.3 is 6.03 Å². The molecule has 28 heavy (non-hydrogen) atoms. The maximum absolute atomic E-state index is 12.3. The molecule has 1 atom stereocenters. The third kappa shape index (κ3) is 2.58. The first-order valence-corrected chi connectivity index (χ1v) is 9.96. The Balaban J connectivity index is 1.44. The number of carbonyl (C=O) groups excluding carboxylic acids is 1. The van der Waals surface area contributed by atoms with Gasteiger partial charge in [-0.25, -0.2) is 4.79 Å². The van der Waals surface area contributed by atoms with E-state index in [2.05, 4.69) is 40.1 Å². The number of likely N-dealkylation sites (tertiary alicyclic amines) is 1. The Morgan fingerprint density at radius 3 is 2.82 bits per heavy atom. The van der Waals surface area contributed by atoms with E-state index in [4.69, 9.17) is 5.10 Å². The third-order valence-corrected chi connectivity index (χ3v) is 5.96. The van der Waals surface area contributed by atoms with Crippen LogP contribution in [-0.2, 0) is 5.41 Å². The fourth-order valence-corrected chi connectivity index (χ4v) is 4.69. The second-order valence-electron chi connectivity index (χ2n) is 8.57. The average molecular weight is 375 g/mol. The lowest BCUT2D eigenvalue weighted by molar-refractivity contribution is 0.0883. The normalized spacial score (nSPS) is 19.9. The molecule has 2 aromatic heterocycles. The van der Waals surface area contributed by atoms with Crippen molar-refractivity contribution in [2.45, 2.75) is 44.7 Å². The van der Waals surface area contributed by atoms with Crippen molar-refractivity contribution in [3.05, 3.63) is 48.3 Å². The molecular weight excluding hydrogens is 350 g/mol. The molecule has 0 saturated carbocycles. The standard InChI is InChI=1S/C22H25N5O/c1-14(2)24-21(28)26-12-22(13-26)10-15(3)27-20(22)9-19(25-27)17-8-16-6-4-5-7-18(16)23-11-17/h4-9,11,14-15H,10,12-13H2,1-3H3,(H,24,28). The first-order valence-electron chi connectivity index (χ1n) is 9.96. The summed E-state index contributed by atoms with van der Waals surface area (Å²) in [6.45, 7) is 7.71. The number of carbonyl (C=O) groups is 1. The van der Waals surface area contributed by atoms with Crippen LogP contribution in [0.2, 0.25) is 0 Å². The van der Waals surface area contributed by atoms with Gasteiger partial charge in [0.1, 0.15) is 0 Å². The molecule has 2 aliphatic rings. The van der Waals surface area contributed by atoms with Crippen molar-refractivity contribution in [2.75, 3.05) is 13.1 Å². The summed E-state index contributed by atoms with van der Waals surface area (Å²) in [5.41, 5.74) is 4.27. The van der Waals surface area contributed by atoms with Crippen molar-refractivity contribution in [1.29, 1.82) is 0 Å². The number of rotatable bonds is 2. The highest BCUT2D eigenvalue weighted by molar-refractivity contribution is 5.83. The highest BCUT2D eigenvalue weighted by Crippen LogP contribution is 2.48. The first-order chi connectivity index (χ1) is 13.4. The smallest absolute Gasteiger partial charge is 0.317 e. The van der Waals surface area contributed by atoms with Crippen LogP contribution in [0.1, 0.15) is 38.9 Å². The number of amides is 2. The third-order valence-electron chi connectivity index (χ3n) is 5.96. The highest BCUT2D eigenvalue weighted by Gasteiger charge is 2.53. The first kappa shape index (κ1) is 17.2. The van der Waals surface area contributed by atoms with Crippen LogP contribution < -0.4 is 5.32 Å². The Hall–Kier alpha value is -2.89. The van der Waals surface area contributed by atoms with Crippen LogP contribution in [0, 0.1) is 0 Å². The number of urea groups is 1. The van der Waals surface area contributed by atoms with Crippen LogP contribution in [0.4, 0.5) is 4.79 Å². The summed E-state index contributed by atoms with van der Waals surface area (Å²) < 4.78 is 2.15. The molecule has 6 heteroatoms. The van der Waals surface area contributed by atoms with Gasteiger partial charge in [0.25, 0.3) is 0 Å². The van der Waals surface area contributed by atoms with E-state index >= 15 is 0 Å². The van der Waals surface area contributed by atoms with Crippen molar-refractivity contribution in [2.24, 2.45) is 0 Å². The molecule has 6 nitrogen and oxygen atoms in total. The van der Waals surface area contributed by atoms with Gasteiger partial charge in [0.15, 0.2) is 0 Å². The van der Waals surface area contributed by atoms with Gasteiger partial charge in [-0.3, -0.25) is 9.67 Å². The molecule has 2 aliphatic heterocycles. The minimum absolute atomic E-state index is 0.0310. The molecule has 1 unspecified atom stereocenters. The summed E-state index contributed by atoms with van der Waals surface area (Å²) in [5, 5.41) is 9.01. The molecule has 144 valence electrons. The Morgan fingerprint density at radius 2 is 2.04 bits per heavy atom. The Kier molecular flexibility index (Phi) is 3.73. The fourth-order valence-electron chi connectivity index (χ4n) is 4.69. The minimum atomic E-state index is 0.0310. The van der Waals surface area contributed by atoms with Crippen LogP contribution in [0.15, 0.2) is 42.6 Å². The number of benzene rings is 1. The maximum atomic E-state index is 12.3. The zero-order valence-corrected chi connectivity index (χ0v) is 16.5. The summed E-state index contributed by atoms with van der Waals surface area (Å²) >= 11 is 0. The molecule has 0 aliphatic carbocycles. The van der Waals surface area contributed by atoms with Crippen LogP contribution >= 0.6 is 0 Å².